The van der Waals surface area contributed by atoms with Crippen molar-refractivity contribution in [1.29, 1.82) is 0 Å². The molecule has 190 valence electrons. The van der Waals surface area contributed by atoms with Crippen LogP contribution in [-0.2, 0) is 19.6 Å². The van der Waals surface area contributed by atoms with E-state index in [4.69, 9.17) is 15.5 Å². The number of rotatable bonds is 8. The quantitative estimate of drug-likeness (QED) is 0.240. The molecule has 0 saturated carbocycles. The summed E-state index contributed by atoms with van der Waals surface area (Å²) >= 11 is 0. The molecule has 1 amide bonds. The van der Waals surface area contributed by atoms with E-state index in [2.05, 4.69) is 4.98 Å². The number of benzene rings is 3. The molecule has 1 aromatic heterocycles. The molecule has 3 aromatic carbocycles. The summed E-state index contributed by atoms with van der Waals surface area (Å²) in [7, 11) is -2.45. The lowest BCUT2D eigenvalue weighted by molar-refractivity contribution is -0.116. The molecule has 0 fully saturated rings. The van der Waals surface area contributed by atoms with Crippen molar-refractivity contribution in [1.82, 2.24) is 4.98 Å². The SMILES string of the molecule is COC(=O)c1ccc2c(C(=Nc3ccc(N(CC(N)=O)S(C)(=O)=O)cc3)c3ccccc3)c(O)[nH]c2c1. The Morgan fingerprint density at radius 2 is 1.70 bits per heavy atom. The van der Waals surface area contributed by atoms with Crippen LogP contribution in [0.15, 0.2) is 77.8 Å². The molecule has 4 rings (SSSR count). The minimum atomic E-state index is -3.74. The summed E-state index contributed by atoms with van der Waals surface area (Å²) in [6.07, 6.45) is 0.987. The molecule has 0 saturated heterocycles. The van der Waals surface area contributed by atoms with Gasteiger partial charge in [0.15, 0.2) is 5.88 Å². The number of ether oxygens (including phenoxy) is 1. The number of primary amides is 1. The maximum absolute atomic E-state index is 12.1. The highest BCUT2D eigenvalue weighted by molar-refractivity contribution is 7.92. The molecule has 0 aliphatic heterocycles. The number of aromatic hydroxyl groups is 1. The summed E-state index contributed by atoms with van der Waals surface area (Å²) in [4.78, 5) is 31.0. The van der Waals surface area contributed by atoms with Gasteiger partial charge in [0, 0.05) is 16.5 Å². The molecule has 11 heteroatoms. The van der Waals surface area contributed by atoms with Crippen LogP contribution in [-0.4, -0.2) is 56.0 Å². The number of hydrogen-bond donors (Lipinski definition) is 3. The fourth-order valence-electron chi connectivity index (χ4n) is 3.89. The van der Waals surface area contributed by atoms with Crippen molar-refractivity contribution in [3.63, 3.8) is 0 Å². The van der Waals surface area contributed by atoms with E-state index < -0.39 is 28.4 Å². The number of amides is 1. The second-order valence-corrected chi connectivity index (χ2v) is 10.1. The molecular weight excluding hydrogens is 496 g/mol. The number of sulfonamides is 1. The maximum Gasteiger partial charge on any atom is 0.337 e. The molecule has 1 heterocycles. The van der Waals surface area contributed by atoms with Crippen molar-refractivity contribution in [2.45, 2.75) is 0 Å². The summed E-state index contributed by atoms with van der Waals surface area (Å²) in [5, 5.41) is 11.5. The molecule has 0 aliphatic carbocycles. The van der Waals surface area contributed by atoms with Gasteiger partial charge in [-0.2, -0.15) is 0 Å². The normalized spacial score (nSPS) is 11.9. The molecule has 37 heavy (non-hydrogen) atoms. The van der Waals surface area contributed by atoms with Crippen LogP contribution in [0.5, 0.6) is 5.88 Å². The first-order valence-corrected chi connectivity index (χ1v) is 12.9. The lowest BCUT2D eigenvalue weighted by atomic mass is 10.00. The molecule has 0 spiro atoms. The van der Waals surface area contributed by atoms with Gasteiger partial charge in [0.25, 0.3) is 0 Å². The number of carbonyl (C=O) groups is 2. The van der Waals surface area contributed by atoms with E-state index in [0.717, 1.165) is 10.6 Å². The van der Waals surface area contributed by atoms with E-state index in [1.807, 2.05) is 30.3 Å². The van der Waals surface area contributed by atoms with Gasteiger partial charge in [-0.05, 0) is 36.4 Å². The van der Waals surface area contributed by atoms with Crippen molar-refractivity contribution in [2.75, 3.05) is 24.2 Å². The number of fused-ring (bicyclic) bond motifs is 1. The number of aromatic nitrogens is 1. The Morgan fingerprint density at radius 3 is 2.30 bits per heavy atom. The van der Waals surface area contributed by atoms with E-state index in [-0.39, 0.29) is 11.6 Å². The van der Waals surface area contributed by atoms with Crippen LogP contribution in [0.4, 0.5) is 11.4 Å². The number of carbonyl (C=O) groups excluding carboxylic acids is 2. The standard InChI is InChI=1S/C26H24N4O6S/c1-36-26(33)17-8-13-20-21(14-17)29-25(32)23(20)24(16-6-4-3-5-7-16)28-18-9-11-19(12-10-18)30(15-22(27)31)37(2,34)35/h3-14,29,32H,15H2,1-2H3,(H2,27,31). The van der Waals surface area contributed by atoms with Crippen molar-refractivity contribution < 1.29 is 27.9 Å². The number of nitrogens with two attached hydrogens (primary N) is 1. The van der Waals surface area contributed by atoms with Crippen molar-refractivity contribution >= 4 is 49.9 Å². The minimum absolute atomic E-state index is 0.138. The third-order valence-corrected chi connectivity index (χ3v) is 6.70. The van der Waals surface area contributed by atoms with Crippen LogP contribution in [0.25, 0.3) is 10.9 Å². The number of nitrogens with zero attached hydrogens (tertiary/aromatic N) is 2. The average molecular weight is 521 g/mol. The number of esters is 1. The van der Waals surface area contributed by atoms with Gasteiger partial charge in [-0.15, -0.1) is 0 Å². The van der Waals surface area contributed by atoms with Crippen LogP contribution < -0.4 is 10.0 Å². The number of anilines is 1. The number of aliphatic imine (C=N–C) groups is 1. The molecule has 0 radical (unpaired) electrons. The molecule has 0 atom stereocenters. The van der Waals surface area contributed by atoms with Gasteiger partial charge in [0.05, 0.1) is 41.6 Å². The van der Waals surface area contributed by atoms with Crippen LogP contribution in [0.2, 0.25) is 0 Å². The predicted octanol–water partition coefficient (Wildman–Crippen LogP) is 3.08. The summed E-state index contributed by atoms with van der Waals surface area (Å²) in [6, 6.07) is 20.3. The smallest absolute Gasteiger partial charge is 0.337 e. The Kier molecular flexibility index (Phi) is 6.98. The van der Waals surface area contributed by atoms with Crippen molar-refractivity contribution in [3.8, 4) is 5.88 Å². The van der Waals surface area contributed by atoms with E-state index in [1.54, 1.807) is 30.3 Å². The average Bonchev–Trinajstić information content (AvgIpc) is 3.20. The number of aromatic amines is 1. The zero-order valence-electron chi connectivity index (χ0n) is 20.0. The predicted molar refractivity (Wildman–Crippen MR) is 141 cm³/mol. The molecule has 4 N–H and O–H groups in total. The van der Waals surface area contributed by atoms with Gasteiger partial charge in [-0.25, -0.2) is 18.2 Å². The second-order valence-electron chi connectivity index (χ2n) is 8.18. The molecule has 0 aliphatic rings. The van der Waals surface area contributed by atoms with Crippen LogP contribution in [0.1, 0.15) is 21.5 Å². The number of methoxy groups -OCH3 is 1. The number of hydrogen-bond acceptors (Lipinski definition) is 7. The first kappa shape index (κ1) is 25.5. The Bertz CT molecular complexity index is 1610. The summed E-state index contributed by atoms with van der Waals surface area (Å²) in [5.41, 5.74) is 8.36. The largest absolute Gasteiger partial charge is 0.494 e. The van der Waals surface area contributed by atoms with Crippen molar-refractivity contribution in [3.05, 3.63) is 89.5 Å². The Balaban J connectivity index is 1.83. The zero-order chi connectivity index (χ0) is 26.7. The number of H-pyrrole nitrogens is 1. The monoisotopic (exact) mass is 520 g/mol. The van der Waals surface area contributed by atoms with Gasteiger partial charge in [0.1, 0.15) is 6.54 Å². The molecule has 0 unspecified atom stereocenters. The highest BCUT2D eigenvalue weighted by atomic mass is 32.2. The maximum atomic E-state index is 12.1. The fourth-order valence-corrected chi connectivity index (χ4v) is 4.76. The number of nitrogens with one attached hydrogen (secondary N) is 1. The van der Waals surface area contributed by atoms with Crippen LogP contribution >= 0.6 is 0 Å². The Hall–Kier alpha value is -4.64. The van der Waals surface area contributed by atoms with Gasteiger partial charge in [-0.3, -0.25) is 9.10 Å². The third kappa shape index (κ3) is 5.46. The topological polar surface area (TPSA) is 155 Å². The minimum Gasteiger partial charge on any atom is -0.494 e. The van der Waals surface area contributed by atoms with Gasteiger partial charge >= 0.3 is 5.97 Å². The summed E-state index contributed by atoms with van der Waals surface area (Å²) in [6.45, 7) is -0.493. The van der Waals surface area contributed by atoms with E-state index in [0.29, 0.717) is 39.0 Å². The summed E-state index contributed by atoms with van der Waals surface area (Å²) < 4.78 is 30.0. The molecule has 10 nitrogen and oxygen atoms in total. The van der Waals surface area contributed by atoms with Gasteiger partial charge < -0.3 is 20.6 Å². The van der Waals surface area contributed by atoms with Crippen molar-refractivity contribution in [2.24, 2.45) is 10.7 Å². The zero-order valence-corrected chi connectivity index (χ0v) is 20.8. The lowest BCUT2D eigenvalue weighted by Gasteiger charge is -2.20. The van der Waals surface area contributed by atoms with Gasteiger partial charge in [0.2, 0.25) is 15.9 Å². The molecular formula is C26H24N4O6S. The highest BCUT2D eigenvalue weighted by Crippen LogP contribution is 2.32. The van der Waals surface area contributed by atoms with E-state index >= 15 is 0 Å². The third-order valence-electron chi connectivity index (χ3n) is 5.56. The Morgan fingerprint density at radius 1 is 1.03 bits per heavy atom. The van der Waals surface area contributed by atoms with E-state index in [9.17, 15) is 23.1 Å². The van der Waals surface area contributed by atoms with Gasteiger partial charge in [-0.1, -0.05) is 36.4 Å². The lowest BCUT2D eigenvalue weighted by Crippen LogP contribution is -2.37. The first-order valence-electron chi connectivity index (χ1n) is 11.0. The summed E-state index contributed by atoms with van der Waals surface area (Å²) in [5.74, 6) is -1.43. The van der Waals surface area contributed by atoms with Crippen LogP contribution in [0, 0.1) is 0 Å². The molecule has 0 bridgehead atoms. The second kappa shape index (κ2) is 10.2. The van der Waals surface area contributed by atoms with E-state index in [1.165, 1.54) is 19.2 Å². The van der Waals surface area contributed by atoms with Crippen LogP contribution in [0.3, 0.4) is 0 Å². The molecule has 4 aromatic rings. The fraction of sp³-hybridized carbons (Fsp3) is 0.115. The highest BCUT2D eigenvalue weighted by Gasteiger charge is 2.21. The Labute approximate surface area is 213 Å². The first-order chi connectivity index (χ1) is 17.6.